The molecule has 1 heterocycles. The highest BCUT2D eigenvalue weighted by molar-refractivity contribution is 7.99. The van der Waals surface area contributed by atoms with Crippen LogP contribution >= 0.6 is 11.8 Å². The third-order valence-corrected chi connectivity index (χ3v) is 6.27. The molecule has 2 aliphatic rings. The van der Waals surface area contributed by atoms with Crippen molar-refractivity contribution in [3.63, 3.8) is 0 Å². The summed E-state index contributed by atoms with van der Waals surface area (Å²) in [6.07, 6.45) is 2.94. The molecule has 2 amide bonds. The number of amides is 2. The minimum atomic E-state index is -1.04. The third kappa shape index (κ3) is 3.73. The van der Waals surface area contributed by atoms with E-state index in [1.807, 2.05) is 30.3 Å². The van der Waals surface area contributed by atoms with Crippen LogP contribution in [0.3, 0.4) is 0 Å². The summed E-state index contributed by atoms with van der Waals surface area (Å²) in [5.74, 6) is 0.446. The fourth-order valence-electron chi connectivity index (χ4n) is 3.77. The quantitative estimate of drug-likeness (QED) is 0.762. The molecule has 5 nitrogen and oxygen atoms in total. The first-order chi connectivity index (χ1) is 13.0. The van der Waals surface area contributed by atoms with Crippen LogP contribution in [-0.4, -0.2) is 29.2 Å². The molecule has 2 aromatic rings. The Morgan fingerprint density at radius 3 is 2.96 bits per heavy atom. The van der Waals surface area contributed by atoms with Crippen LogP contribution in [0.1, 0.15) is 40.7 Å². The molecule has 3 N–H and O–H groups in total. The first-order valence-corrected chi connectivity index (χ1v) is 10.2. The number of benzene rings is 2. The third-order valence-electron chi connectivity index (χ3n) is 5.20. The lowest BCUT2D eigenvalue weighted by molar-refractivity contribution is -0.115. The maximum Gasteiger partial charge on any atom is 0.251 e. The Balaban J connectivity index is 1.50. The van der Waals surface area contributed by atoms with Crippen LogP contribution in [0.25, 0.3) is 0 Å². The molecular formula is C21H22N2O3S. The van der Waals surface area contributed by atoms with Gasteiger partial charge in [-0.15, -0.1) is 11.8 Å². The summed E-state index contributed by atoms with van der Waals surface area (Å²) in [6, 6.07) is 13.2. The van der Waals surface area contributed by atoms with E-state index in [0.717, 1.165) is 34.6 Å². The molecule has 2 aromatic carbocycles. The number of anilines is 1. The molecule has 27 heavy (non-hydrogen) atoms. The highest BCUT2D eigenvalue weighted by Gasteiger charge is 2.34. The molecule has 0 bridgehead atoms. The maximum atomic E-state index is 12.7. The minimum Gasteiger partial charge on any atom is -0.383 e. The standard InChI is InChI=1S/C21H22N2O3S/c24-19-9-11-27-18-8-7-15(12-17(18)23-19)20(25)22-13-21(26)10-3-5-14-4-1-2-6-16(14)21/h1-2,4,6-8,12,26H,3,5,9-11,13H2,(H,22,25)(H,23,24)/t21-/m1/s1. The van der Waals surface area contributed by atoms with Crippen LogP contribution in [0.4, 0.5) is 5.69 Å². The minimum absolute atomic E-state index is 0.0352. The number of aliphatic hydroxyl groups is 1. The monoisotopic (exact) mass is 382 g/mol. The normalized spacial score (nSPS) is 21.4. The number of thioether (sulfide) groups is 1. The van der Waals surface area contributed by atoms with Gasteiger partial charge in [0.05, 0.1) is 12.2 Å². The molecule has 140 valence electrons. The van der Waals surface area contributed by atoms with Gasteiger partial charge < -0.3 is 15.7 Å². The lowest BCUT2D eigenvalue weighted by Crippen LogP contribution is -2.43. The number of carbonyl (C=O) groups excluding carboxylic acids is 2. The van der Waals surface area contributed by atoms with Crippen molar-refractivity contribution in [2.45, 2.75) is 36.2 Å². The summed E-state index contributed by atoms with van der Waals surface area (Å²) >= 11 is 1.61. The van der Waals surface area contributed by atoms with E-state index in [1.54, 1.807) is 23.9 Å². The summed E-state index contributed by atoms with van der Waals surface area (Å²) in [5.41, 5.74) is 2.16. The van der Waals surface area contributed by atoms with Crippen LogP contribution < -0.4 is 10.6 Å². The van der Waals surface area contributed by atoms with Crippen LogP contribution in [0.5, 0.6) is 0 Å². The fraction of sp³-hybridized carbons (Fsp3) is 0.333. The Hall–Kier alpha value is -2.31. The summed E-state index contributed by atoms with van der Waals surface area (Å²) in [6.45, 7) is 0.168. The topological polar surface area (TPSA) is 78.4 Å². The molecule has 0 unspecified atom stereocenters. The van der Waals surface area contributed by atoms with Gasteiger partial charge >= 0.3 is 0 Å². The van der Waals surface area contributed by atoms with E-state index >= 15 is 0 Å². The second-order valence-electron chi connectivity index (χ2n) is 7.08. The first-order valence-electron chi connectivity index (χ1n) is 9.21. The lowest BCUT2D eigenvalue weighted by Gasteiger charge is -2.34. The molecule has 6 heteroatoms. The van der Waals surface area contributed by atoms with Gasteiger partial charge in [-0.1, -0.05) is 24.3 Å². The van der Waals surface area contributed by atoms with E-state index in [9.17, 15) is 14.7 Å². The predicted molar refractivity (Wildman–Crippen MR) is 106 cm³/mol. The summed E-state index contributed by atoms with van der Waals surface area (Å²) < 4.78 is 0. The number of hydrogen-bond acceptors (Lipinski definition) is 4. The molecule has 0 radical (unpaired) electrons. The van der Waals surface area contributed by atoms with Crippen molar-refractivity contribution < 1.29 is 14.7 Å². The lowest BCUT2D eigenvalue weighted by atomic mass is 9.79. The van der Waals surface area contributed by atoms with Crippen molar-refractivity contribution in [2.75, 3.05) is 17.6 Å². The summed E-state index contributed by atoms with van der Waals surface area (Å²) in [4.78, 5) is 25.4. The number of aryl methyl sites for hydroxylation is 1. The number of carbonyl (C=O) groups is 2. The van der Waals surface area contributed by atoms with Gasteiger partial charge in [0.25, 0.3) is 5.91 Å². The molecule has 1 atom stereocenters. The van der Waals surface area contributed by atoms with Crippen LogP contribution in [0, 0.1) is 0 Å². The Morgan fingerprint density at radius 1 is 1.22 bits per heavy atom. The Labute approximate surface area is 162 Å². The van der Waals surface area contributed by atoms with Gasteiger partial charge in [0, 0.05) is 22.6 Å². The molecule has 0 fully saturated rings. The first kappa shape index (κ1) is 18.1. The average Bonchev–Trinajstić information content (AvgIpc) is 2.86. The zero-order valence-corrected chi connectivity index (χ0v) is 15.8. The average molecular weight is 382 g/mol. The highest BCUT2D eigenvalue weighted by atomic mass is 32.2. The van der Waals surface area contributed by atoms with Crippen molar-refractivity contribution in [1.82, 2.24) is 5.32 Å². The smallest absolute Gasteiger partial charge is 0.251 e. The van der Waals surface area contributed by atoms with Crippen molar-refractivity contribution in [3.8, 4) is 0 Å². The zero-order chi connectivity index (χ0) is 18.9. The Kier molecular flexibility index (Phi) is 4.93. The van der Waals surface area contributed by atoms with Gasteiger partial charge in [-0.3, -0.25) is 9.59 Å². The number of hydrogen-bond donors (Lipinski definition) is 3. The van der Waals surface area contributed by atoms with Gasteiger partial charge in [-0.05, 0) is 48.6 Å². The molecule has 4 rings (SSSR count). The Morgan fingerprint density at radius 2 is 2.07 bits per heavy atom. The van der Waals surface area contributed by atoms with Gasteiger partial charge in [-0.25, -0.2) is 0 Å². The maximum absolute atomic E-state index is 12.7. The van der Waals surface area contributed by atoms with E-state index in [0.29, 0.717) is 24.1 Å². The SMILES string of the molecule is O=C1CCSc2ccc(C(=O)NC[C@]3(O)CCCc4ccccc43)cc2N1. The van der Waals surface area contributed by atoms with Gasteiger partial charge in [0.1, 0.15) is 5.60 Å². The molecular weight excluding hydrogens is 360 g/mol. The highest BCUT2D eigenvalue weighted by Crippen LogP contribution is 2.35. The predicted octanol–water partition coefficient (Wildman–Crippen LogP) is 3.07. The van der Waals surface area contributed by atoms with E-state index in [2.05, 4.69) is 10.6 Å². The summed E-state index contributed by atoms with van der Waals surface area (Å²) in [5, 5.41) is 16.8. The number of rotatable bonds is 3. The van der Waals surface area contributed by atoms with Crippen LogP contribution in [-0.2, 0) is 16.8 Å². The van der Waals surface area contributed by atoms with Crippen molar-refractivity contribution in [3.05, 3.63) is 59.2 Å². The van der Waals surface area contributed by atoms with Gasteiger partial charge in [0.2, 0.25) is 5.91 Å². The van der Waals surface area contributed by atoms with E-state index in [-0.39, 0.29) is 18.4 Å². The van der Waals surface area contributed by atoms with Crippen molar-refractivity contribution >= 4 is 29.3 Å². The van der Waals surface area contributed by atoms with Crippen molar-refractivity contribution in [2.24, 2.45) is 0 Å². The van der Waals surface area contributed by atoms with Gasteiger partial charge in [0.15, 0.2) is 0 Å². The van der Waals surface area contributed by atoms with E-state index < -0.39 is 5.60 Å². The van der Waals surface area contributed by atoms with Crippen LogP contribution in [0.2, 0.25) is 0 Å². The molecule has 0 saturated heterocycles. The van der Waals surface area contributed by atoms with E-state index in [4.69, 9.17) is 0 Å². The summed E-state index contributed by atoms with van der Waals surface area (Å²) in [7, 11) is 0. The molecule has 1 aliphatic heterocycles. The zero-order valence-electron chi connectivity index (χ0n) is 15.0. The Bertz CT molecular complexity index is 899. The molecule has 0 aromatic heterocycles. The second kappa shape index (κ2) is 7.37. The second-order valence-corrected chi connectivity index (χ2v) is 8.22. The molecule has 0 spiro atoms. The molecule has 1 aliphatic carbocycles. The van der Waals surface area contributed by atoms with Crippen LogP contribution in [0.15, 0.2) is 47.4 Å². The largest absolute Gasteiger partial charge is 0.383 e. The van der Waals surface area contributed by atoms with Crippen molar-refractivity contribution in [1.29, 1.82) is 0 Å². The van der Waals surface area contributed by atoms with E-state index in [1.165, 1.54) is 0 Å². The number of nitrogens with one attached hydrogen (secondary N) is 2. The number of fused-ring (bicyclic) bond motifs is 2. The van der Waals surface area contributed by atoms with Gasteiger partial charge in [-0.2, -0.15) is 0 Å². The fourth-order valence-corrected chi connectivity index (χ4v) is 4.71. The molecule has 0 saturated carbocycles.